The van der Waals surface area contributed by atoms with Crippen LogP contribution in [0.2, 0.25) is 0 Å². The molecule has 94 valence electrons. The molecule has 1 fully saturated rings. The lowest BCUT2D eigenvalue weighted by molar-refractivity contribution is 0.389. The van der Waals surface area contributed by atoms with Crippen LogP contribution in [0.1, 0.15) is 33.6 Å². The van der Waals surface area contributed by atoms with E-state index in [1.54, 1.807) is 18.0 Å². The first-order valence-electron chi connectivity index (χ1n) is 5.74. The van der Waals surface area contributed by atoms with E-state index < -0.39 is 10.8 Å². The summed E-state index contributed by atoms with van der Waals surface area (Å²) in [6, 6.07) is 0.139. The van der Waals surface area contributed by atoms with E-state index in [4.69, 9.17) is 0 Å². The average Bonchev–Trinajstić information content (AvgIpc) is 2.16. The summed E-state index contributed by atoms with van der Waals surface area (Å²) in [7, 11) is -0.765. The van der Waals surface area contributed by atoms with Crippen molar-refractivity contribution in [3.8, 4) is 0 Å². The highest BCUT2D eigenvalue weighted by Crippen LogP contribution is 2.25. The van der Waals surface area contributed by atoms with Gasteiger partial charge in [0.15, 0.2) is 5.17 Å². The molecule has 1 aliphatic rings. The zero-order valence-electron chi connectivity index (χ0n) is 10.6. The Morgan fingerprint density at radius 3 is 2.94 bits per heavy atom. The molecular weight excluding hydrogens is 240 g/mol. The molecule has 0 aliphatic carbocycles. The smallest absolute Gasteiger partial charge is 0.157 e. The van der Waals surface area contributed by atoms with Gasteiger partial charge in [-0.05, 0) is 26.7 Å². The summed E-state index contributed by atoms with van der Waals surface area (Å²) in [5, 5.41) is 4.52. The van der Waals surface area contributed by atoms with Crippen LogP contribution in [0.15, 0.2) is 4.99 Å². The van der Waals surface area contributed by atoms with Gasteiger partial charge in [-0.2, -0.15) is 0 Å². The molecule has 0 saturated carbocycles. The third-order valence-electron chi connectivity index (χ3n) is 2.90. The van der Waals surface area contributed by atoms with Crippen molar-refractivity contribution in [2.45, 2.75) is 45.2 Å². The number of nitrogens with zero attached hydrogens (tertiary/aromatic N) is 1. The van der Waals surface area contributed by atoms with E-state index in [1.165, 1.54) is 6.42 Å². The lowest BCUT2D eigenvalue weighted by atomic mass is 9.96. The van der Waals surface area contributed by atoms with Gasteiger partial charge >= 0.3 is 0 Å². The van der Waals surface area contributed by atoms with Gasteiger partial charge in [-0.25, -0.2) is 0 Å². The van der Waals surface area contributed by atoms with Crippen molar-refractivity contribution in [2.24, 2.45) is 4.99 Å². The first-order chi connectivity index (χ1) is 7.45. The number of hydrogen-bond acceptors (Lipinski definition) is 3. The maximum absolute atomic E-state index is 11.1. The fourth-order valence-electron chi connectivity index (χ4n) is 1.64. The summed E-state index contributed by atoms with van der Waals surface area (Å²) >= 11 is 1.78. The molecule has 1 aliphatic heterocycles. The summed E-state index contributed by atoms with van der Waals surface area (Å²) in [5.74, 6) is 1.77. The SMILES string of the molecule is CCC1(C)CCSC(=NC(C)CS(C)=O)N1. The van der Waals surface area contributed by atoms with Crippen molar-refractivity contribution in [1.29, 1.82) is 0 Å². The van der Waals surface area contributed by atoms with Gasteiger partial charge < -0.3 is 5.32 Å². The van der Waals surface area contributed by atoms with Crippen molar-refractivity contribution >= 4 is 27.7 Å². The maximum Gasteiger partial charge on any atom is 0.157 e. The number of thioether (sulfide) groups is 1. The molecule has 3 unspecified atom stereocenters. The third-order valence-corrected chi connectivity index (χ3v) is 4.74. The van der Waals surface area contributed by atoms with Gasteiger partial charge in [0.1, 0.15) is 0 Å². The van der Waals surface area contributed by atoms with E-state index in [0.29, 0.717) is 5.75 Å². The number of nitrogens with one attached hydrogen (secondary N) is 1. The van der Waals surface area contributed by atoms with Gasteiger partial charge in [0, 0.05) is 34.1 Å². The zero-order chi connectivity index (χ0) is 12.2. The Balaban J connectivity index is 2.59. The minimum Gasteiger partial charge on any atom is -0.360 e. The van der Waals surface area contributed by atoms with E-state index in [2.05, 4.69) is 24.2 Å². The van der Waals surface area contributed by atoms with Crippen molar-refractivity contribution in [1.82, 2.24) is 5.32 Å². The molecule has 3 atom stereocenters. The van der Waals surface area contributed by atoms with Crippen LogP contribution >= 0.6 is 11.8 Å². The van der Waals surface area contributed by atoms with Crippen LogP contribution in [0.4, 0.5) is 0 Å². The van der Waals surface area contributed by atoms with Gasteiger partial charge in [-0.1, -0.05) is 18.7 Å². The first-order valence-corrected chi connectivity index (χ1v) is 8.45. The van der Waals surface area contributed by atoms with Crippen molar-refractivity contribution in [3.63, 3.8) is 0 Å². The fraction of sp³-hybridized carbons (Fsp3) is 0.909. The summed E-state index contributed by atoms with van der Waals surface area (Å²) in [6.45, 7) is 6.46. The molecule has 16 heavy (non-hydrogen) atoms. The quantitative estimate of drug-likeness (QED) is 0.842. The van der Waals surface area contributed by atoms with Gasteiger partial charge in [-0.3, -0.25) is 9.20 Å². The van der Waals surface area contributed by atoms with Crippen molar-refractivity contribution in [3.05, 3.63) is 0 Å². The standard InChI is InChI=1S/C11H22N2OS2/c1-5-11(3)6-7-15-10(13-11)12-9(2)8-16(4)14/h9H,5-8H2,1-4H3,(H,12,13). The Bertz CT molecular complexity index is 294. The Labute approximate surface area is 105 Å². The van der Waals surface area contributed by atoms with Crippen LogP contribution in [-0.4, -0.2) is 38.7 Å². The minimum absolute atomic E-state index is 0.139. The number of amidine groups is 1. The maximum atomic E-state index is 11.1. The lowest BCUT2D eigenvalue weighted by Gasteiger charge is -2.35. The van der Waals surface area contributed by atoms with E-state index in [0.717, 1.165) is 17.3 Å². The van der Waals surface area contributed by atoms with E-state index in [-0.39, 0.29) is 11.6 Å². The highest BCUT2D eigenvalue weighted by atomic mass is 32.2. The Kier molecular flexibility index (Phi) is 5.31. The largest absolute Gasteiger partial charge is 0.360 e. The van der Waals surface area contributed by atoms with Gasteiger partial charge in [0.05, 0.1) is 6.04 Å². The summed E-state index contributed by atoms with van der Waals surface area (Å²) in [5.41, 5.74) is 0.190. The Hall–Kier alpha value is -0.0300. The first kappa shape index (κ1) is 14.0. The van der Waals surface area contributed by atoms with Gasteiger partial charge in [-0.15, -0.1) is 0 Å². The number of aliphatic imine (C=N–C) groups is 1. The molecule has 0 spiro atoms. The number of rotatable bonds is 4. The third kappa shape index (κ3) is 4.45. The molecule has 1 heterocycles. The van der Waals surface area contributed by atoms with Crippen LogP contribution in [0, 0.1) is 0 Å². The summed E-state index contributed by atoms with van der Waals surface area (Å²) in [4.78, 5) is 4.59. The van der Waals surface area contributed by atoms with Gasteiger partial charge in [0.25, 0.3) is 0 Å². The predicted molar refractivity (Wildman–Crippen MR) is 74.7 cm³/mol. The second-order valence-electron chi connectivity index (χ2n) is 4.66. The molecule has 0 radical (unpaired) electrons. The minimum atomic E-state index is -0.765. The molecule has 0 aromatic heterocycles. The fourth-order valence-corrected chi connectivity index (χ4v) is 3.71. The molecule has 1 saturated heterocycles. The summed E-state index contributed by atoms with van der Waals surface area (Å²) < 4.78 is 11.1. The second kappa shape index (κ2) is 6.05. The summed E-state index contributed by atoms with van der Waals surface area (Å²) in [6.07, 6.45) is 4.02. The van der Waals surface area contributed by atoms with Crippen LogP contribution in [0.5, 0.6) is 0 Å². The lowest BCUT2D eigenvalue weighted by Crippen LogP contribution is -2.48. The molecule has 0 aromatic carbocycles. The normalized spacial score (nSPS) is 32.1. The van der Waals surface area contributed by atoms with Crippen molar-refractivity contribution in [2.75, 3.05) is 17.8 Å². The second-order valence-corrected chi connectivity index (χ2v) is 7.22. The highest BCUT2D eigenvalue weighted by Gasteiger charge is 2.27. The zero-order valence-corrected chi connectivity index (χ0v) is 12.2. The van der Waals surface area contributed by atoms with Crippen LogP contribution in [-0.2, 0) is 10.8 Å². The average molecular weight is 262 g/mol. The Morgan fingerprint density at radius 1 is 1.69 bits per heavy atom. The molecule has 3 nitrogen and oxygen atoms in total. The predicted octanol–water partition coefficient (Wildman–Crippen LogP) is 2.00. The van der Waals surface area contributed by atoms with Gasteiger partial charge in [0.2, 0.25) is 0 Å². The van der Waals surface area contributed by atoms with Crippen LogP contribution in [0.25, 0.3) is 0 Å². The van der Waals surface area contributed by atoms with E-state index in [1.807, 2.05) is 6.92 Å². The van der Waals surface area contributed by atoms with Crippen LogP contribution < -0.4 is 5.32 Å². The van der Waals surface area contributed by atoms with Crippen LogP contribution in [0.3, 0.4) is 0 Å². The topological polar surface area (TPSA) is 41.5 Å². The molecule has 0 aromatic rings. The molecule has 0 bridgehead atoms. The van der Waals surface area contributed by atoms with E-state index in [9.17, 15) is 4.21 Å². The highest BCUT2D eigenvalue weighted by molar-refractivity contribution is 8.13. The molecular formula is C11H22N2OS2. The van der Waals surface area contributed by atoms with Crippen molar-refractivity contribution < 1.29 is 4.21 Å². The Morgan fingerprint density at radius 2 is 2.38 bits per heavy atom. The van der Waals surface area contributed by atoms with E-state index >= 15 is 0 Å². The molecule has 1 rings (SSSR count). The number of hydrogen-bond donors (Lipinski definition) is 1. The molecule has 1 N–H and O–H groups in total. The molecule has 5 heteroatoms. The monoisotopic (exact) mass is 262 g/mol. The molecule has 0 amide bonds.